The summed E-state index contributed by atoms with van der Waals surface area (Å²) in [5.41, 5.74) is 5.45. The van der Waals surface area contributed by atoms with Crippen molar-refractivity contribution in [2.24, 2.45) is 11.8 Å². The maximum absolute atomic E-state index is 13.1. The van der Waals surface area contributed by atoms with Crippen LogP contribution in [0.4, 0.5) is 11.5 Å². The molecule has 1 aromatic heterocycles. The van der Waals surface area contributed by atoms with Crippen LogP contribution in [0.1, 0.15) is 38.1 Å². The van der Waals surface area contributed by atoms with Crippen molar-refractivity contribution >= 4 is 40.0 Å². The standard InChI is InChI=1S/C19H25IN4O3/c1-11(2)9-23(18(26)13-5-7-14(20)8-6-13)15-16(21)24(10-12(3)4)19(27)22-17(15)25/h5-8,11-12H,9-10,21H2,1-4H3,(H,22,25,27). The number of nitrogen functional groups attached to an aromatic ring is 1. The van der Waals surface area contributed by atoms with Crippen molar-refractivity contribution in [3.63, 3.8) is 0 Å². The Labute approximate surface area is 171 Å². The fraction of sp³-hybridized carbons (Fsp3) is 0.421. The van der Waals surface area contributed by atoms with E-state index in [2.05, 4.69) is 27.6 Å². The maximum atomic E-state index is 13.1. The highest BCUT2D eigenvalue weighted by molar-refractivity contribution is 14.1. The first-order valence-electron chi connectivity index (χ1n) is 8.81. The van der Waals surface area contributed by atoms with Gasteiger partial charge in [-0.25, -0.2) is 4.79 Å². The minimum Gasteiger partial charge on any atom is -0.383 e. The average molecular weight is 484 g/mol. The Morgan fingerprint density at radius 1 is 1.15 bits per heavy atom. The summed E-state index contributed by atoms with van der Waals surface area (Å²) in [6, 6.07) is 7.08. The van der Waals surface area contributed by atoms with Crippen LogP contribution in [-0.4, -0.2) is 22.0 Å². The van der Waals surface area contributed by atoms with Gasteiger partial charge < -0.3 is 10.6 Å². The number of amides is 1. The summed E-state index contributed by atoms with van der Waals surface area (Å²) in [6.45, 7) is 8.43. The molecule has 0 fully saturated rings. The van der Waals surface area contributed by atoms with Gasteiger partial charge in [-0.3, -0.25) is 19.1 Å². The third-order valence-corrected chi connectivity index (χ3v) is 4.63. The Balaban J connectivity index is 2.63. The molecule has 1 aromatic carbocycles. The van der Waals surface area contributed by atoms with Gasteiger partial charge in [0, 0.05) is 22.2 Å². The second-order valence-electron chi connectivity index (χ2n) is 7.31. The number of nitrogens with zero attached hydrogens (tertiary/aromatic N) is 2. The quantitative estimate of drug-likeness (QED) is 0.616. The predicted molar refractivity (Wildman–Crippen MR) is 116 cm³/mol. The van der Waals surface area contributed by atoms with E-state index in [1.165, 1.54) is 9.47 Å². The largest absolute Gasteiger partial charge is 0.383 e. The Bertz CT molecular complexity index is 929. The molecule has 0 aliphatic rings. The Kier molecular flexibility index (Phi) is 6.85. The van der Waals surface area contributed by atoms with Crippen LogP contribution in [0.2, 0.25) is 0 Å². The molecule has 0 unspecified atom stereocenters. The van der Waals surface area contributed by atoms with Gasteiger partial charge in [0.2, 0.25) is 0 Å². The van der Waals surface area contributed by atoms with Crippen molar-refractivity contribution in [2.45, 2.75) is 34.2 Å². The number of nitrogens with one attached hydrogen (secondary N) is 1. The molecule has 146 valence electrons. The van der Waals surface area contributed by atoms with Gasteiger partial charge in [0.05, 0.1) is 0 Å². The van der Waals surface area contributed by atoms with Gasteiger partial charge in [-0.05, 0) is 58.7 Å². The first-order chi connectivity index (χ1) is 12.6. The lowest BCUT2D eigenvalue weighted by Crippen LogP contribution is -2.43. The number of aromatic amines is 1. The molecule has 0 bridgehead atoms. The number of hydrogen-bond donors (Lipinski definition) is 2. The van der Waals surface area contributed by atoms with E-state index in [1.54, 1.807) is 12.1 Å². The molecule has 0 saturated carbocycles. The second-order valence-corrected chi connectivity index (χ2v) is 8.56. The molecule has 8 heteroatoms. The van der Waals surface area contributed by atoms with Crippen molar-refractivity contribution in [1.82, 2.24) is 9.55 Å². The molecule has 3 N–H and O–H groups in total. The van der Waals surface area contributed by atoms with E-state index >= 15 is 0 Å². The lowest BCUT2D eigenvalue weighted by molar-refractivity contribution is 0.0983. The summed E-state index contributed by atoms with van der Waals surface area (Å²) in [4.78, 5) is 41.6. The van der Waals surface area contributed by atoms with Crippen LogP contribution in [0.3, 0.4) is 0 Å². The number of hydrogen-bond acceptors (Lipinski definition) is 4. The van der Waals surface area contributed by atoms with Gasteiger partial charge in [-0.15, -0.1) is 0 Å². The zero-order valence-corrected chi connectivity index (χ0v) is 18.1. The zero-order valence-electron chi connectivity index (χ0n) is 16.0. The van der Waals surface area contributed by atoms with Gasteiger partial charge in [-0.2, -0.15) is 0 Å². The van der Waals surface area contributed by atoms with Crippen LogP contribution < -0.4 is 21.9 Å². The molecule has 0 aliphatic heterocycles. The summed E-state index contributed by atoms with van der Waals surface area (Å²) >= 11 is 2.16. The molecule has 2 aromatic rings. The molecule has 0 saturated heterocycles. The molecule has 0 spiro atoms. The van der Waals surface area contributed by atoms with E-state index in [4.69, 9.17) is 5.73 Å². The van der Waals surface area contributed by atoms with Crippen molar-refractivity contribution < 1.29 is 4.79 Å². The topological polar surface area (TPSA) is 101 Å². The molecule has 0 atom stereocenters. The SMILES string of the molecule is CC(C)CN(C(=O)c1ccc(I)cc1)c1c(N)n(CC(C)C)c(=O)[nH]c1=O. The molecule has 0 radical (unpaired) electrons. The Hall–Kier alpha value is -2.10. The fourth-order valence-corrected chi connectivity index (χ4v) is 3.13. The Morgan fingerprint density at radius 2 is 1.74 bits per heavy atom. The van der Waals surface area contributed by atoms with Crippen molar-refractivity contribution in [1.29, 1.82) is 0 Å². The van der Waals surface area contributed by atoms with E-state index < -0.39 is 11.2 Å². The smallest absolute Gasteiger partial charge is 0.330 e. The second kappa shape index (κ2) is 8.73. The molecule has 7 nitrogen and oxygen atoms in total. The number of rotatable bonds is 6. The van der Waals surface area contributed by atoms with Crippen LogP contribution >= 0.6 is 22.6 Å². The first kappa shape index (κ1) is 21.2. The minimum absolute atomic E-state index is 0.0111. The van der Waals surface area contributed by atoms with Crippen molar-refractivity contribution in [3.8, 4) is 0 Å². The first-order valence-corrected chi connectivity index (χ1v) is 9.89. The zero-order chi connectivity index (χ0) is 20.3. The number of anilines is 2. The van der Waals surface area contributed by atoms with Gasteiger partial charge in [-0.1, -0.05) is 27.7 Å². The van der Waals surface area contributed by atoms with Crippen LogP contribution in [0.25, 0.3) is 0 Å². The van der Waals surface area contributed by atoms with Gasteiger partial charge in [0.25, 0.3) is 11.5 Å². The van der Waals surface area contributed by atoms with Crippen LogP contribution in [0.5, 0.6) is 0 Å². The molecular weight excluding hydrogens is 459 g/mol. The molecule has 1 heterocycles. The summed E-state index contributed by atoms with van der Waals surface area (Å²) in [6.07, 6.45) is 0. The molecule has 27 heavy (non-hydrogen) atoms. The number of aromatic nitrogens is 2. The molecule has 2 rings (SSSR count). The lowest BCUT2D eigenvalue weighted by Gasteiger charge is -2.26. The summed E-state index contributed by atoms with van der Waals surface area (Å²) < 4.78 is 2.32. The highest BCUT2D eigenvalue weighted by Crippen LogP contribution is 2.22. The monoisotopic (exact) mass is 484 g/mol. The van der Waals surface area contributed by atoms with E-state index in [0.29, 0.717) is 18.7 Å². The summed E-state index contributed by atoms with van der Waals surface area (Å²) in [5.74, 6) is -0.0692. The van der Waals surface area contributed by atoms with E-state index in [-0.39, 0.29) is 29.2 Å². The fourth-order valence-electron chi connectivity index (χ4n) is 2.77. The van der Waals surface area contributed by atoms with Crippen LogP contribution in [0.15, 0.2) is 33.9 Å². The predicted octanol–water partition coefficient (Wildman–Crippen LogP) is 2.68. The third-order valence-electron chi connectivity index (χ3n) is 3.92. The number of halogens is 1. The number of benzene rings is 1. The van der Waals surface area contributed by atoms with E-state index in [9.17, 15) is 14.4 Å². The minimum atomic E-state index is -0.656. The van der Waals surface area contributed by atoms with Crippen LogP contribution in [-0.2, 0) is 6.54 Å². The Morgan fingerprint density at radius 3 is 2.26 bits per heavy atom. The number of carbonyl (C=O) groups excluding carboxylic acids is 1. The maximum Gasteiger partial charge on any atom is 0.330 e. The molecular formula is C19H25IN4O3. The van der Waals surface area contributed by atoms with Gasteiger partial charge in [0.15, 0.2) is 5.69 Å². The number of carbonyl (C=O) groups is 1. The van der Waals surface area contributed by atoms with Crippen LogP contribution in [0, 0.1) is 15.4 Å². The summed E-state index contributed by atoms with van der Waals surface area (Å²) in [5, 5.41) is 0. The average Bonchev–Trinajstić information content (AvgIpc) is 2.57. The summed E-state index contributed by atoms with van der Waals surface area (Å²) in [7, 11) is 0. The third kappa shape index (κ3) is 5.00. The number of H-pyrrole nitrogens is 1. The molecule has 1 amide bonds. The molecule has 0 aliphatic carbocycles. The number of nitrogens with two attached hydrogens (primary N) is 1. The van der Waals surface area contributed by atoms with Gasteiger partial charge >= 0.3 is 5.69 Å². The van der Waals surface area contributed by atoms with E-state index in [1.807, 2.05) is 39.8 Å². The van der Waals surface area contributed by atoms with Crippen molar-refractivity contribution in [3.05, 3.63) is 54.2 Å². The lowest BCUT2D eigenvalue weighted by atomic mass is 10.1. The van der Waals surface area contributed by atoms with Gasteiger partial charge in [0.1, 0.15) is 5.82 Å². The normalized spacial score (nSPS) is 11.2. The highest BCUT2D eigenvalue weighted by Gasteiger charge is 2.26. The highest BCUT2D eigenvalue weighted by atomic mass is 127. The van der Waals surface area contributed by atoms with Crippen molar-refractivity contribution in [2.75, 3.05) is 17.2 Å². The van der Waals surface area contributed by atoms with E-state index in [0.717, 1.165) is 3.57 Å².